The van der Waals surface area contributed by atoms with Gasteiger partial charge in [0, 0.05) is 17.8 Å². The first-order chi connectivity index (χ1) is 13.8. The number of nitrogens with one attached hydrogen (secondary N) is 1. The van der Waals surface area contributed by atoms with Gasteiger partial charge in [0.1, 0.15) is 5.69 Å². The summed E-state index contributed by atoms with van der Waals surface area (Å²) < 4.78 is 25.1. The number of benzene rings is 2. The number of hydrogen-bond donors (Lipinski definition) is 2. The van der Waals surface area contributed by atoms with Crippen LogP contribution in [0.4, 0.5) is 5.69 Å². The van der Waals surface area contributed by atoms with Gasteiger partial charge in [-0.15, -0.1) is 0 Å². The minimum absolute atomic E-state index is 0.119. The fourth-order valence-corrected chi connectivity index (χ4v) is 3.56. The van der Waals surface area contributed by atoms with Crippen molar-refractivity contribution in [1.82, 2.24) is 14.8 Å². The molecular formula is C20H17N5O3S. The van der Waals surface area contributed by atoms with Crippen LogP contribution in [0.25, 0.3) is 16.5 Å². The molecule has 8 nitrogen and oxygen atoms in total. The summed E-state index contributed by atoms with van der Waals surface area (Å²) in [5.74, 6) is -0.474. The molecule has 0 aliphatic heterocycles. The molecule has 4 rings (SSSR count). The van der Waals surface area contributed by atoms with Crippen LogP contribution < -0.4 is 10.5 Å². The molecule has 2 aromatic heterocycles. The number of carbonyl (C=O) groups excluding carboxylic acids is 1. The van der Waals surface area contributed by atoms with E-state index in [1.54, 1.807) is 35.4 Å². The Balaban J connectivity index is 1.81. The number of hydrogen-bond acceptors (Lipinski definition) is 5. The van der Waals surface area contributed by atoms with Crippen molar-refractivity contribution in [1.29, 1.82) is 0 Å². The fraction of sp³-hybridized carbons (Fsp3) is 0.0500. The first-order valence-electron chi connectivity index (χ1n) is 8.66. The molecule has 2 heterocycles. The summed E-state index contributed by atoms with van der Waals surface area (Å²) in [6, 6.07) is 13.4. The number of sulfonamides is 1. The fourth-order valence-electron chi connectivity index (χ4n) is 3.02. The van der Waals surface area contributed by atoms with Crippen molar-refractivity contribution < 1.29 is 13.2 Å². The maximum atomic E-state index is 13.0. The van der Waals surface area contributed by atoms with E-state index in [1.165, 1.54) is 12.1 Å². The van der Waals surface area contributed by atoms with Gasteiger partial charge in [-0.3, -0.25) is 9.78 Å². The van der Waals surface area contributed by atoms with Crippen molar-refractivity contribution >= 4 is 32.4 Å². The van der Waals surface area contributed by atoms with E-state index >= 15 is 0 Å². The first-order valence-corrected chi connectivity index (χ1v) is 10.2. The highest BCUT2D eigenvalue weighted by atomic mass is 32.2. The highest BCUT2D eigenvalue weighted by Gasteiger charge is 2.18. The summed E-state index contributed by atoms with van der Waals surface area (Å²) in [6.07, 6.45) is 4.97. The number of aryl methyl sites for hydroxylation is 1. The minimum Gasteiger partial charge on any atom is -0.319 e. The van der Waals surface area contributed by atoms with Crippen LogP contribution >= 0.6 is 0 Å². The summed E-state index contributed by atoms with van der Waals surface area (Å²) in [5.41, 5.74) is 1.89. The number of carbonyl (C=O) groups is 1. The number of anilines is 1. The number of primary sulfonamides is 1. The zero-order valence-corrected chi connectivity index (χ0v) is 16.2. The highest BCUT2D eigenvalue weighted by molar-refractivity contribution is 7.89. The molecule has 4 aromatic rings. The molecule has 0 fully saturated rings. The number of pyridine rings is 1. The van der Waals surface area contributed by atoms with E-state index in [0.717, 1.165) is 10.9 Å². The molecule has 3 N–H and O–H groups in total. The Morgan fingerprint density at radius 3 is 2.66 bits per heavy atom. The number of rotatable bonds is 4. The molecule has 0 spiro atoms. The lowest BCUT2D eigenvalue weighted by molar-refractivity contribution is 0.102. The lowest BCUT2D eigenvalue weighted by Gasteiger charge is -2.13. The van der Waals surface area contributed by atoms with Gasteiger partial charge in [0.05, 0.1) is 22.5 Å². The van der Waals surface area contributed by atoms with Gasteiger partial charge < -0.3 is 5.32 Å². The topological polar surface area (TPSA) is 120 Å². The minimum atomic E-state index is -3.95. The molecular weight excluding hydrogens is 390 g/mol. The van der Waals surface area contributed by atoms with Crippen molar-refractivity contribution in [3.8, 4) is 5.69 Å². The highest BCUT2D eigenvalue weighted by Crippen LogP contribution is 2.25. The van der Waals surface area contributed by atoms with Gasteiger partial charge in [0.15, 0.2) is 0 Å². The van der Waals surface area contributed by atoms with E-state index in [9.17, 15) is 13.2 Å². The van der Waals surface area contributed by atoms with Gasteiger partial charge in [-0.2, -0.15) is 5.10 Å². The Hall–Kier alpha value is -3.56. The van der Waals surface area contributed by atoms with E-state index in [4.69, 9.17) is 5.14 Å². The lowest BCUT2D eigenvalue weighted by Crippen LogP contribution is -2.18. The zero-order chi connectivity index (χ0) is 20.6. The third-order valence-electron chi connectivity index (χ3n) is 4.39. The molecule has 9 heteroatoms. The third kappa shape index (κ3) is 3.73. The second kappa shape index (κ2) is 7.12. The van der Waals surface area contributed by atoms with Crippen molar-refractivity contribution in [2.24, 2.45) is 5.14 Å². The summed E-state index contributed by atoms with van der Waals surface area (Å²) in [7, 11) is -3.95. The standard InChI is InChI=1S/C20H17N5O3S/c1-13-11-23-25(12-13)18-7-6-15(29(21,27)28)10-17(18)24-20(26)19-16-5-3-2-4-14(16)8-9-22-19/h2-12H,1H3,(H,24,26)(H2,21,27,28). The summed E-state index contributed by atoms with van der Waals surface area (Å²) in [4.78, 5) is 17.1. The largest absolute Gasteiger partial charge is 0.319 e. The average molecular weight is 407 g/mol. The molecule has 0 saturated carbocycles. The maximum absolute atomic E-state index is 13.0. The third-order valence-corrected chi connectivity index (χ3v) is 5.30. The normalized spacial score (nSPS) is 11.5. The van der Waals surface area contributed by atoms with Crippen LogP contribution in [0.5, 0.6) is 0 Å². The molecule has 0 saturated heterocycles. The molecule has 0 bridgehead atoms. The Morgan fingerprint density at radius 1 is 1.14 bits per heavy atom. The lowest BCUT2D eigenvalue weighted by atomic mass is 10.1. The zero-order valence-electron chi connectivity index (χ0n) is 15.4. The second-order valence-corrected chi connectivity index (χ2v) is 8.08. The maximum Gasteiger partial charge on any atom is 0.274 e. The molecule has 0 radical (unpaired) electrons. The van der Waals surface area contributed by atoms with Crippen LogP contribution in [0.1, 0.15) is 16.1 Å². The number of nitrogens with zero attached hydrogens (tertiary/aromatic N) is 3. The van der Waals surface area contributed by atoms with Gasteiger partial charge in [-0.25, -0.2) is 18.2 Å². The molecule has 146 valence electrons. The Bertz CT molecular complexity index is 1340. The SMILES string of the molecule is Cc1cnn(-c2ccc(S(N)(=O)=O)cc2NC(=O)c2nccc3ccccc23)c1. The van der Waals surface area contributed by atoms with Gasteiger partial charge in [0.25, 0.3) is 5.91 Å². The van der Waals surface area contributed by atoms with Crippen LogP contribution in [-0.2, 0) is 10.0 Å². The Labute approximate surface area is 167 Å². The number of nitrogens with two attached hydrogens (primary N) is 1. The predicted octanol–water partition coefficient (Wildman–Crippen LogP) is 2.63. The first kappa shape index (κ1) is 18.8. The van der Waals surface area contributed by atoms with E-state index in [-0.39, 0.29) is 16.3 Å². The number of amides is 1. The summed E-state index contributed by atoms with van der Waals surface area (Å²) in [5, 5.41) is 13.8. The van der Waals surface area contributed by atoms with E-state index in [1.807, 2.05) is 31.2 Å². The summed E-state index contributed by atoms with van der Waals surface area (Å²) >= 11 is 0. The van der Waals surface area contributed by atoms with Crippen LogP contribution in [0, 0.1) is 6.92 Å². The number of aromatic nitrogens is 3. The van der Waals surface area contributed by atoms with Crippen LogP contribution in [0.3, 0.4) is 0 Å². The molecule has 2 aromatic carbocycles. The van der Waals surface area contributed by atoms with Gasteiger partial charge in [-0.1, -0.05) is 24.3 Å². The quantitative estimate of drug-likeness (QED) is 0.539. The average Bonchev–Trinajstić information content (AvgIpc) is 3.13. The van der Waals surface area contributed by atoms with Crippen molar-refractivity contribution in [2.75, 3.05) is 5.32 Å². The molecule has 0 aliphatic rings. The summed E-state index contributed by atoms with van der Waals surface area (Å²) in [6.45, 7) is 1.88. The van der Waals surface area contributed by atoms with E-state index < -0.39 is 15.9 Å². The number of fused-ring (bicyclic) bond motifs is 1. The van der Waals surface area contributed by atoms with Crippen molar-refractivity contribution in [3.63, 3.8) is 0 Å². The Morgan fingerprint density at radius 2 is 1.93 bits per heavy atom. The molecule has 29 heavy (non-hydrogen) atoms. The predicted molar refractivity (Wildman–Crippen MR) is 109 cm³/mol. The molecule has 0 aliphatic carbocycles. The smallest absolute Gasteiger partial charge is 0.274 e. The van der Waals surface area contributed by atoms with Gasteiger partial charge in [-0.05, 0) is 42.1 Å². The van der Waals surface area contributed by atoms with E-state index in [0.29, 0.717) is 11.1 Å². The van der Waals surface area contributed by atoms with Crippen LogP contribution in [0.15, 0.2) is 72.0 Å². The van der Waals surface area contributed by atoms with Crippen LogP contribution in [-0.4, -0.2) is 29.1 Å². The van der Waals surface area contributed by atoms with Crippen molar-refractivity contribution in [2.45, 2.75) is 11.8 Å². The molecule has 1 amide bonds. The Kier molecular flexibility index (Phi) is 4.61. The van der Waals surface area contributed by atoms with E-state index in [2.05, 4.69) is 15.4 Å². The monoisotopic (exact) mass is 407 g/mol. The second-order valence-electron chi connectivity index (χ2n) is 6.52. The molecule has 0 atom stereocenters. The van der Waals surface area contributed by atoms with Crippen LogP contribution in [0.2, 0.25) is 0 Å². The van der Waals surface area contributed by atoms with Gasteiger partial charge in [0.2, 0.25) is 10.0 Å². The van der Waals surface area contributed by atoms with Crippen molar-refractivity contribution in [3.05, 3.63) is 78.4 Å². The van der Waals surface area contributed by atoms with Gasteiger partial charge >= 0.3 is 0 Å². The molecule has 0 unspecified atom stereocenters.